The molecule has 3 N–H and O–H groups in total. The predicted octanol–water partition coefficient (Wildman–Crippen LogP) is 7.90. The van der Waals surface area contributed by atoms with E-state index in [-0.39, 0.29) is 0 Å². The molecular weight excluding hydrogens is 612 g/mol. The molecule has 5 rings (SSSR count). The maximum Gasteiger partial charge on any atom is 0.110 e. The van der Waals surface area contributed by atoms with Crippen LogP contribution in [0.1, 0.15) is 74.3 Å². The number of aromatic nitrogens is 3. The Balaban J connectivity index is 1.61. The second-order valence-corrected chi connectivity index (χ2v) is 11.2. The number of aromatic amines is 3. The van der Waals surface area contributed by atoms with Gasteiger partial charge in [0.25, 0.3) is 0 Å². The summed E-state index contributed by atoms with van der Waals surface area (Å²) in [5, 5.41) is 2.13. The summed E-state index contributed by atoms with van der Waals surface area (Å²) >= 11 is 7.37. The summed E-state index contributed by atoms with van der Waals surface area (Å²) in [6, 6.07) is 19.2. The zero-order chi connectivity index (χ0) is 27.5. The lowest BCUT2D eigenvalue weighted by Gasteiger charge is -2.06. The molecule has 1 aliphatic heterocycles. The number of hydrogen-bond acceptors (Lipinski definition) is 1. The van der Waals surface area contributed by atoms with Gasteiger partial charge in [0.15, 0.2) is 0 Å². The predicted molar refractivity (Wildman–Crippen MR) is 172 cm³/mol. The van der Waals surface area contributed by atoms with E-state index in [1.54, 1.807) is 0 Å². The van der Waals surface area contributed by atoms with E-state index in [0.29, 0.717) is 0 Å². The number of nitrogens with one attached hydrogen (secondary N) is 3. The van der Waals surface area contributed by atoms with Crippen LogP contribution < -0.4 is 10.7 Å². The largest absolute Gasteiger partial charge is 0.355 e. The van der Waals surface area contributed by atoms with Crippen LogP contribution in [-0.2, 0) is 12.8 Å². The zero-order valence-corrected chi connectivity index (χ0v) is 26.1. The molecule has 1 aliphatic rings. The van der Waals surface area contributed by atoms with E-state index < -0.39 is 0 Å². The maximum absolute atomic E-state index is 4.81. The van der Waals surface area contributed by atoms with Gasteiger partial charge < -0.3 is 15.0 Å². The molecule has 0 bridgehead atoms. The molecule has 0 aliphatic carbocycles. The molecule has 3 aromatic heterocycles. The minimum atomic E-state index is 0.956. The van der Waals surface area contributed by atoms with Gasteiger partial charge in [-0.05, 0) is 122 Å². The van der Waals surface area contributed by atoms with Crippen LogP contribution in [0.2, 0.25) is 0 Å². The Labute approximate surface area is 247 Å². The molecule has 0 unspecified atom stereocenters. The highest BCUT2D eigenvalue weighted by molar-refractivity contribution is 9.18. The first-order chi connectivity index (χ1) is 19.0. The molecule has 0 saturated carbocycles. The summed E-state index contributed by atoms with van der Waals surface area (Å²) < 4.78 is 2.04. The number of H-pyrrole nitrogens is 3. The van der Waals surface area contributed by atoms with E-state index in [9.17, 15) is 0 Å². The Morgan fingerprint density at radius 1 is 0.744 bits per heavy atom. The third kappa shape index (κ3) is 5.50. The maximum atomic E-state index is 4.81. The number of hydrogen-bond donors (Lipinski definition) is 3. The highest BCUT2D eigenvalue weighted by Crippen LogP contribution is 2.33. The molecule has 0 radical (unpaired) electrons. The van der Waals surface area contributed by atoms with Crippen molar-refractivity contribution in [3.63, 3.8) is 0 Å². The number of nitrogens with zero attached hydrogens (tertiary/aromatic N) is 1. The zero-order valence-electron chi connectivity index (χ0n) is 22.9. The van der Waals surface area contributed by atoms with Gasteiger partial charge in [0, 0.05) is 33.4 Å². The van der Waals surface area contributed by atoms with Crippen LogP contribution in [0, 0.1) is 0 Å². The van der Waals surface area contributed by atoms with Crippen molar-refractivity contribution in [2.24, 2.45) is 4.99 Å². The summed E-state index contributed by atoms with van der Waals surface area (Å²) in [6.45, 7) is 8.79. The molecule has 6 heteroatoms. The minimum absolute atomic E-state index is 0.956. The molecule has 0 spiro atoms. The van der Waals surface area contributed by atoms with Gasteiger partial charge in [0.1, 0.15) is 4.62 Å². The fourth-order valence-electron chi connectivity index (χ4n) is 5.50. The Bertz CT molecular complexity index is 1710. The molecule has 1 aromatic carbocycles. The minimum Gasteiger partial charge on any atom is -0.355 e. The summed E-state index contributed by atoms with van der Waals surface area (Å²) in [5.41, 5.74) is 11.9. The van der Waals surface area contributed by atoms with E-state index >= 15 is 0 Å². The Hall–Kier alpha value is -3.09. The Morgan fingerprint density at radius 2 is 1.49 bits per heavy atom. The third-order valence-electron chi connectivity index (χ3n) is 7.36. The van der Waals surface area contributed by atoms with Crippen molar-refractivity contribution in [3.8, 4) is 0 Å². The first-order valence-electron chi connectivity index (χ1n) is 13.7. The van der Waals surface area contributed by atoms with Crippen molar-refractivity contribution in [2.45, 2.75) is 53.4 Å². The van der Waals surface area contributed by atoms with Gasteiger partial charge in [-0.2, -0.15) is 0 Å². The molecule has 39 heavy (non-hydrogen) atoms. The molecule has 4 nitrogen and oxygen atoms in total. The van der Waals surface area contributed by atoms with Gasteiger partial charge in [-0.1, -0.05) is 58.0 Å². The number of benzene rings is 1. The van der Waals surface area contributed by atoms with E-state index in [1.165, 1.54) is 22.3 Å². The number of allylic oxidation sites excluding steroid dienone is 2. The lowest BCUT2D eigenvalue weighted by molar-refractivity contribution is 1.05. The van der Waals surface area contributed by atoms with Crippen LogP contribution in [0.4, 0.5) is 0 Å². The van der Waals surface area contributed by atoms with Crippen LogP contribution >= 0.6 is 31.9 Å². The van der Waals surface area contributed by atoms with Crippen molar-refractivity contribution in [1.82, 2.24) is 15.0 Å². The third-order valence-corrected chi connectivity index (χ3v) is 8.70. The van der Waals surface area contributed by atoms with Crippen molar-refractivity contribution in [1.29, 1.82) is 0 Å². The highest BCUT2D eigenvalue weighted by Gasteiger charge is 2.20. The molecule has 200 valence electrons. The molecule has 0 saturated heterocycles. The lowest BCUT2D eigenvalue weighted by atomic mass is 10.0. The molecule has 0 amide bonds. The van der Waals surface area contributed by atoms with E-state index in [1.807, 2.05) is 0 Å². The van der Waals surface area contributed by atoms with Crippen LogP contribution in [-0.4, -0.2) is 19.6 Å². The molecule has 0 fully saturated rings. The van der Waals surface area contributed by atoms with Crippen molar-refractivity contribution < 1.29 is 0 Å². The van der Waals surface area contributed by atoms with Gasteiger partial charge in [-0.3, -0.25) is 0 Å². The quantitative estimate of drug-likeness (QED) is 0.175. The van der Waals surface area contributed by atoms with E-state index in [2.05, 4.69) is 141 Å². The van der Waals surface area contributed by atoms with Crippen LogP contribution in [0.5, 0.6) is 0 Å². The van der Waals surface area contributed by atoms with Crippen molar-refractivity contribution in [3.05, 3.63) is 121 Å². The second kappa shape index (κ2) is 12.0. The van der Waals surface area contributed by atoms with Gasteiger partial charge >= 0.3 is 0 Å². The summed E-state index contributed by atoms with van der Waals surface area (Å²) in [4.78, 5) is 15.7. The van der Waals surface area contributed by atoms with Crippen LogP contribution in [0.15, 0.2) is 81.0 Å². The SMILES string of the molecule is CCC1=C(CC)C(Br)=NC1=Cc1ccc(C(c2ccccc2)=c2ccc(=Cc3[nH]c(Br)c(CC)c3CC)[nH]2)[nH]1. The highest BCUT2D eigenvalue weighted by atomic mass is 79.9. The molecule has 4 heterocycles. The Morgan fingerprint density at radius 3 is 2.18 bits per heavy atom. The lowest BCUT2D eigenvalue weighted by Crippen LogP contribution is -2.14. The van der Waals surface area contributed by atoms with Gasteiger partial charge in [0.05, 0.1) is 10.3 Å². The van der Waals surface area contributed by atoms with Crippen LogP contribution in [0.25, 0.3) is 17.7 Å². The van der Waals surface area contributed by atoms with Gasteiger partial charge in [-0.15, -0.1) is 0 Å². The topological polar surface area (TPSA) is 59.7 Å². The number of aliphatic imine (C=N–C) groups is 1. The van der Waals surface area contributed by atoms with E-state index in [4.69, 9.17) is 4.99 Å². The number of rotatable bonds is 8. The number of halogens is 2. The fraction of sp³-hybridized carbons (Fsp3) is 0.242. The smallest absolute Gasteiger partial charge is 0.110 e. The van der Waals surface area contributed by atoms with Gasteiger partial charge in [0.2, 0.25) is 0 Å². The van der Waals surface area contributed by atoms with Crippen molar-refractivity contribution >= 4 is 54.2 Å². The van der Waals surface area contributed by atoms with Crippen LogP contribution in [0.3, 0.4) is 0 Å². The monoisotopic (exact) mass is 644 g/mol. The summed E-state index contributed by atoms with van der Waals surface area (Å²) in [5.74, 6) is 0. The average molecular weight is 646 g/mol. The van der Waals surface area contributed by atoms with Crippen molar-refractivity contribution in [2.75, 3.05) is 0 Å². The first kappa shape index (κ1) is 27.5. The first-order valence-corrected chi connectivity index (χ1v) is 15.3. The summed E-state index contributed by atoms with van der Waals surface area (Å²) in [7, 11) is 0. The normalized spacial score (nSPS) is 16.0. The van der Waals surface area contributed by atoms with Gasteiger partial charge in [-0.25, -0.2) is 4.99 Å². The molecular formula is C33H34Br2N4. The standard InChI is InChI=1S/C33H34Br2N4/c1-5-23-25(7-3)32(34)38-29(23)18-21-14-16-27(36-21)31(20-12-10-9-11-13-20)28-17-15-22(37-28)19-30-24(6-2)26(8-4)33(35)39-30/h9-19,36-38H,5-8H2,1-4H3. The van der Waals surface area contributed by atoms with E-state index in [0.717, 1.165) is 79.5 Å². The molecule has 4 aromatic rings. The second-order valence-electron chi connectivity index (χ2n) is 9.65. The fourth-order valence-corrected chi connectivity index (χ4v) is 6.94. The summed E-state index contributed by atoms with van der Waals surface area (Å²) in [6.07, 6.45) is 8.28. The Kier molecular flexibility index (Phi) is 8.43. The molecule has 0 atom stereocenters. The average Bonchev–Trinajstić information content (AvgIpc) is 3.71.